The first-order chi connectivity index (χ1) is 17.6. The Balaban J connectivity index is 1.32. The number of aryl methyl sites for hydroxylation is 1. The van der Waals surface area contributed by atoms with E-state index in [9.17, 15) is 10.4 Å². The smallest absolute Gasteiger partial charge is 0.153 e. The van der Waals surface area contributed by atoms with Crippen LogP contribution < -0.4 is 10.2 Å². The van der Waals surface area contributed by atoms with Gasteiger partial charge in [-0.2, -0.15) is 10.4 Å². The van der Waals surface area contributed by atoms with Crippen molar-refractivity contribution in [1.29, 1.82) is 5.26 Å². The molecule has 1 unspecified atom stereocenters. The molecule has 182 valence electrons. The van der Waals surface area contributed by atoms with Crippen LogP contribution in [0.1, 0.15) is 30.5 Å². The second-order valence-electron chi connectivity index (χ2n) is 9.91. The molecule has 1 aliphatic carbocycles. The molecule has 3 aromatic heterocycles. The second kappa shape index (κ2) is 8.88. The molecule has 1 atom stereocenters. The van der Waals surface area contributed by atoms with E-state index in [0.717, 1.165) is 59.0 Å². The van der Waals surface area contributed by atoms with Gasteiger partial charge in [-0.25, -0.2) is 9.97 Å². The molecule has 6 rings (SSSR count). The monoisotopic (exact) mass is 480 g/mol. The number of aromatic nitrogens is 5. The van der Waals surface area contributed by atoms with E-state index in [1.165, 1.54) is 6.42 Å². The predicted molar refractivity (Wildman–Crippen MR) is 137 cm³/mol. The zero-order valence-electron chi connectivity index (χ0n) is 20.2. The lowest BCUT2D eigenvalue weighted by Crippen LogP contribution is -2.37. The van der Waals surface area contributed by atoms with Gasteiger partial charge in [-0.1, -0.05) is 12.5 Å². The molecule has 36 heavy (non-hydrogen) atoms. The van der Waals surface area contributed by atoms with Crippen LogP contribution in [0.25, 0.3) is 16.9 Å². The summed E-state index contributed by atoms with van der Waals surface area (Å²) in [6.07, 6.45) is 5.72. The van der Waals surface area contributed by atoms with Crippen LogP contribution in [-0.4, -0.2) is 49.5 Å². The van der Waals surface area contributed by atoms with Crippen LogP contribution in [0.2, 0.25) is 0 Å². The van der Waals surface area contributed by atoms with Gasteiger partial charge >= 0.3 is 0 Å². The maximum atomic E-state index is 9.79. The van der Waals surface area contributed by atoms with Crippen LogP contribution in [0.5, 0.6) is 0 Å². The van der Waals surface area contributed by atoms with Crippen molar-refractivity contribution in [3.63, 3.8) is 0 Å². The summed E-state index contributed by atoms with van der Waals surface area (Å²) in [5.74, 6) is 2.33. The fourth-order valence-corrected chi connectivity index (χ4v) is 5.52. The third-order valence-corrected chi connectivity index (χ3v) is 7.64. The Morgan fingerprint density at radius 1 is 1.17 bits per heavy atom. The molecule has 0 amide bonds. The average Bonchev–Trinajstić information content (AvgIpc) is 3.48. The number of pyridine rings is 1. The minimum Gasteiger partial charge on any atom is -0.396 e. The summed E-state index contributed by atoms with van der Waals surface area (Å²) in [7, 11) is 0. The van der Waals surface area contributed by atoms with Crippen molar-refractivity contribution in [2.75, 3.05) is 29.9 Å². The summed E-state index contributed by atoms with van der Waals surface area (Å²) in [5.41, 5.74) is 4.62. The highest BCUT2D eigenvalue weighted by Crippen LogP contribution is 2.52. The van der Waals surface area contributed by atoms with Gasteiger partial charge in [-0.15, -0.1) is 5.10 Å². The quantitative estimate of drug-likeness (QED) is 0.427. The molecule has 9 heteroatoms. The summed E-state index contributed by atoms with van der Waals surface area (Å²) < 4.78 is 1.98. The number of hydrogen-bond donors (Lipinski definition) is 2. The molecule has 1 saturated heterocycles. The highest BCUT2D eigenvalue weighted by atomic mass is 16.3. The Labute approximate surface area is 209 Å². The fourth-order valence-electron chi connectivity index (χ4n) is 5.52. The van der Waals surface area contributed by atoms with Gasteiger partial charge in [0, 0.05) is 30.8 Å². The standard InChI is InChI=1S/C27H28N8O/c1-18-3-7-24(33-32-18)30-21-5-6-23-22(13-21)29-17-35(23)25-8-4-19(9-12-36)26(31-25)34-15-20(14-28)27(16-34)10-2-11-27/h3-8,13,17,20,36H,2,9-12,15-16H2,1H3,(H,30,33). The highest BCUT2D eigenvalue weighted by Gasteiger charge is 2.51. The summed E-state index contributed by atoms with van der Waals surface area (Å²) in [5, 5.41) is 31.0. The third kappa shape index (κ3) is 3.84. The van der Waals surface area contributed by atoms with E-state index < -0.39 is 0 Å². The van der Waals surface area contributed by atoms with Crippen molar-refractivity contribution in [3.8, 4) is 11.9 Å². The molecule has 4 aromatic rings. The number of fused-ring (bicyclic) bond motifs is 1. The largest absolute Gasteiger partial charge is 0.396 e. The van der Waals surface area contributed by atoms with Crippen molar-refractivity contribution in [2.24, 2.45) is 11.3 Å². The molecule has 0 bridgehead atoms. The zero-order valence-corrected chi connectivity index (χ0v) is 20.2. The maximum Gasteiger partial charge on any atom is 0.153 e. The number of aliphatic hydroxyl groups excluding tert-OH is 1. The lowest BCUT2D eigenvalue weighted by Gasteiger charge is -2.40. The first kappa shape index (κ1) is 22.4. The van der Waals surface area contributed by atoms with Gasteiger partial charge in [0.2, 0.25) is 0 Å². The normalized spacial score (nSPS) is 18.4. The van der Waals surface area contributed by atoms with Gasteiger partial charge in [0.05, 0.1) is 28.7 Å². The molecule has 2 N–H and O–H groups in total. The van der Waals surface area contributed by atoms with E-state index in [0.29, 0.717) is 18.8 Å². The highest BCUT2D eigenvalue weighted by molar-refractivity contribution is 5.82. The van der Waals surface area contributed by atoms with Gasteiger partial charge in [0.25, 0.3) is 0 Å². The molecule has 1 spiro atoms. The number of aliphatic hydroxyl groups is 1. The molecular weight excluding hydrogens is 452 g/mol. The van der Waals surface area contributed by atoms with Crippen molar-refractivity contribution in [1.82, 2.24) is 24.7 Å². The number of hydrogen-bond acceptors (Lipinski definition) is 8. The number of rotatable bonds is 6. The van der Waals surface area contributed by atoms with Crippen LogP contribution >= 0.6 is 0 Å². The van der Waals surface area contributed by atoms with Gasteiger partial charge in [0.15, 0.2) is 5.82 Å². The van der Waals surface area contributed by atoms with Crippen molar-refractivity contribution in [3.05, 3.63) is 60.0 Å². The Hall–Kier alpha value is -4.03. The molecule has 1 aliphatic heterocycles. The van der Waals surface area contributed by atoms with E-state index in [1.807, 2.05) is 54.0 Å². The molecule has 1 aromatic carbocycles. The first-order valence-corrected chi connectivity index (χ1v) is 12.4. The van der Waals surface area contributed by atoms with E-state index in [-0.39, 0.29) is 17.9 Å². The van der Waals surface area contributed by atoms with Crippen molar-refractivity contribution < 1.29 is 5.11 Å². The van der Waals surface area contributed by atoms with Crippen molar-refractivity contribution in [2.45, 2.75) is 32.6 Å². The van der Waals surface area contributed by atoms with Crippen molar-refractivity contribution >= 4 is 28.4 Å². The van der Waals surface area contributed by atoms with Crippen LogP contribution in [0.3, 0.4) is 0 Å². The second-order valence-corrected chi connectivity index (χ2v) is 9.91. The number of imidazole rings is 1. The Morgan fingerprint density at radius 2 is 2.06 bits per heavy atom. The fraction of sp³-hybridized carbons (Fsp3) is 0.370. The van der Waals surface area contributed by atoms with Gasteiger partial charge < -0.3 is 15.3 Å². The number of nitrogens with zero attached hydrogens (tertiary/aromatic N) is 7. The SMILES string of the molecule is Cc1ccc(Nc2ccc3c(c2)ncn3-c2ccc(CCO)c(N3CC(C#N)C4(CCC4)C3)n2)nn1. The van der Waals surface area contributed by atoms with E-state index >= 15 is 0 Å². The predicted octanol–water partition coefficient (Wildman–Crippen LogP) is 3.93. The lowest BCUT2D eigenvalue weighted by molar-refractivity contribution is 0.128. The van der Waals surface area contributed by atoms with Crippen LogP contribution in [0.4, 0.5) is 17.3 Å². The van der Waals surface area contributed by atoms with E-state index in [2.05, 4.69) is 31.5 Å². The molecule has 4 heterocycles. The summed E-state index contributed by atoms with van der Waals surface area (Å²) in [4.78, 5) is 11.9. The summed E-state index contributed by atoms with van der Waals surface area (Å²) in [6.45, 7) is 3.50. The minimum absolute atomic E-state index is 0.0249. The molecule has 2 fully saturated rings. The third-order valence-electron chi connectivity index (χ3n) is 7.64. The lowest BCUT2D eigenvalue weighted by atomic mass is 9.63. The summed E-state index contributed by atoms with van der Waals surface area (Å²) in [6, 6.07) is 16.4. The van der Waals surface area contributed by atoms with Crippen LogP contribution in [-0.2, 0) is 6.42 Å². The van der Waals surface area contributed by atoms with Gasteiger partial charge in [-0.05, 0) is 68.1 Å². The summed E-state index contributed by atoms with van der Waals surface area (Å²) >= 11 is 0. The Bertz CT molecular complexity index is 1450. The van der Waals surface area contributed by atoms with Crippen LogP contribution in [0, 0.1) is 29.6 Å². The molecule has 2 aliphatic rings. The maximum absolute atomic E-state index is 9.79. The van der Waals surface area contributed by atoms with Gasteiger partial charge in [0.1, 0.15) is 18.0 Å². The van der Waals surface area contributed by atoms with E-state index in [1.54, 1.807) is 6.33 Å². The first-order valence-electron chi connectivity index (χ1n) is 12.4. The zero-order chi connectivity index (χ0) is 24.7. The number of benzene rings is 1. The number of anilines is 3. The Kier molecular flexibility index (Phi) is 5.53. The minimum atomic E-state index is 0.0249. The number of nitriles is 1. The molecule has 9 nitrogen and oxygen atoms in total. The number of nitrogens with one attached hydrogen (secondary N) is 1. The molecule has 0 radical (unpaired) electrons. The van der Waals surface area contributed by atoms with Gasteiger partial charge in [-0.3, -0.25) is 4.57 Å². The topological polar surface area (TPSA) is 116 Å². The Morgan fingerprint density at radius 3 is 2.75 bits per heavy atom. The van der Waals surface area contributed by atoms with Crippen LogP contribution in [0.15, 0.2) is 48.8 Å². The average molecular weight is 481 g/mol. The molecular formula is C27H28N8O. The van der Waals surface area contributed by atoms with E-state index in [4.69, 9.17) is 4.98 Å². The molecule has 1 saturated carbocycles.